The van der Waals surface area contributed by atoms with Crippen LogP contribution >= 0.6 is 11.6 Å². The minimum Gasteiger partial charge on any atom is -0.379 e. The second kappa shape index (κ2) is 7.29. The van der Waals surface area contributed by atoms with Crippen LogP contribution in [0.25, 0.3) is 0 Å². The van der Waals surface area contributed by atoms with Crippen molar-refractivity contribution in [2.24, 2.45) is 0 Å². The zero-order valence-corrected chi connectivity index (χ0v) is 15.6. The number of carbonyl (C=O) groups is 1. The van der Waals surface area contributed by atoms with Gasteiger partial charge in [-0.15, -0.1) is 0 Å². The zero-order chi connectivity index (χ0) is 18.0. The van der Waals surface area contributed by atoms with Crippen LogP contribution in [0.2, 0.25) is 5.02 Å². The number of hydrogen-bond donors (Lipinski definition) is 2. The molecule has 0 radical (unpaired) electrons. The Kier molecular flexibility index (Phi) is 4.88. The van der Waals surface area contributed by atoms with Gasteiger partial charge in [0.2, 0.25) is 5.91 Å². The van der Waals surface area contributed by atoms with Crippen LogP contribution in [0.3, 0.4) is 0 Å². The lowest BCUT2D eigenvalue weighted by molar-refractivity contribution is -0.122. The minimum atomic E-state index is -0.169. The van der Waals surface area contributed by atoms with Gasteiger partial charge < -0.3 is 10.6 Å². The Labute approximate surface area is 159 Å². The summed E-state index contributed by atoms with van der Waals surface area (Å²) in [7, 11) is 0. The van der Waals surface area contributed by atoms with Crippen molar-refractivity contribution in [3.8, 4) is 0 Å². The lowest BCUT2D eigenvalue weighted by Gasteiger charge is -2.44. The normalized spacial score (nSPS) is 19.8. The van der Waals surface area contributed by atoms with Gasteiger partial charge in [-0.3, -0.25) is 9.69 Å². The van der Waals surface area contributed by atoms with E-state index in [0.29, 0.717) is 13.0 Å². The molecule has 4 nitrogen and oxygen atoms in total. The largest absolute Gasteiger partial charge is 0.379 e. The molecule has 1 fully saturated rings. The molecule has 0 atom stereocenters. The Morgan fingerprint density at radius 1 is 1.04 bits per heavy atom. The third kappa shape index (κ3) is 3.71. The highest BCUT2D eigenvalue weighted by Crippen LogP contribution is 2.33. The van der Waals surface area contributed by atoms with E-state index < -0.39 is 0 Å². The van der Waals surface area contributed by atoms with Gasteiger partial charge in [0, 0.05) is 48.8 Å². The first-order valence-electron chi connectivity index (χ1n) is 9.22. The number of halogens is 1. The van der Waals surface area contributed by atoms with Gasteiger partial charge in [0.15, 0.2) is 0 Å². The van der Waals surface area contributed by atoms with Crippen LogP contribution in [0.15, 0.2) is 48.5 Å². The van der Waals surface area contributed by atoms with Gasteiger partial charge in [-0.2, -0.15) is 0 Å². The Bertz CT molecular complexity index is 799. The van der Waals surface area contributed by atoms with Crippen LogP contribution in [0.5, 0.6) is 0 Å². The number of piperidine rings is 1. The summed E-state index contributed by atoms with van der Waals surface area (Å²) in [5.41, 5.74) is 3.29. The van der Waals surface area contributed by atoms with Crippen LogP contribution in [0.1, 0.15) is 30.4 Å². The predicted molar refractivity (Wildman–Crippen MR) is 105 cm³/mol. The maximum atomic E-state index is 12.4. The Morgan fingerprint density at radius 3 is 2.58 bits per heavy atom. The monoisotopic (exact) mass is 369 g/mol. The summed E-state index contributed by atoms with van der Waals surface area (Å²) in [5, 5.41) is 7.61. The van der Waals surface area contributed by atoms with E-state index in [1.807, 2.05) is 24.3 Å². The summed E-state index contributed by atoms with van der Waals surface area (Å²) < 4.78 is 0. The van der Waals surface area contributed by atoms with Crippen molar-refractivity contribution in [1.29, 1.82) is 0 Å². The third-order valence-corrected chi connectivity index (χ3v) is 5.93. The van der Waals surface area contributed by atoms with E-state index in [0.717, 1.165) is 48.7 Å². The molecule has 2 aliphatic rings. The van der Waals surface area contributed by atoms with Crippen LogP contribution < -0.4 is 10.6 Å². The quantitative estimate of drug-likeness (QED) is 0.846. The standard InChI is InChI=1S/C21H24ClN3O/c22-18-7-3-1-6-17(18)15-25-11-9-21(10-12-25)13-20(26)23-14-16-5-2-4-8-19(16)24-21/h1-8,24H,9-15H2,(H,23,26). The highest BCUT2D eigenvalue weighted by atomic mass is 35.5. The topological polar surface area (TPSA) is 44.4 Å². The van der Waals surface area contributed by atoms with Crippen LogP contribution in [-0.4, -0.2) is 29.4 Å². The number of nitrogens with zero attached hydrogens (tertiary/aromatic N) is 1. The van der Waals surface area contributed by atoms with Crippen molar-refractivity contribution in [2.75, 3.05) is 18.4 Å². The Morgan fingerprint density at radius 2 is 1.77 bits per heavy atom. The summed E-state index contributed by atoms with van der Waals surface area (Å²) in [6, 6.07) is 16.3. The summed E-state index contributed by atoms with van der Waals surface area (Å²) >= 11 is 6.31. The van der Waals surface area contributed by atoms with Gasteiger partial charge >= 0.3 is 0 Å². The van der Waals surface area contributed by atoms with Crippen molar-refractivity contribution < 1.29 is 4.79 Å². The molecule has 5 heteroatoms. The molecule has 0 saturated carbocycles. The van der Waals surface area contributed by atoms with Gasteiger partial charge in [-0.25, -0.2) is 0 Å². The molecule has 0 unspecified atom stereocenters. The van der Waals surface area contributed by atoms with Gasteiger partial charge in [0.05, 0.1) is 0 Å². The Balaban J connectivity index is 1.48. The van der Waals surface area contributed by atoms with E-state index in [2.05, 4.69) is 39.8 Å². The fourth-order valence-electron chi connectivity index (χ4n) is 4.00. The summed E-state index contributed by atoms with van der Waals surface area (Å²) in [6.07, 6.45) is 2.42. The molecule has 1 amide bonds. The molecule has 2 aliphatic heterocycles. The van der Waals surface area contributed by atoms with Crippen molar-refractivity contribution in [3.05, 3.63) is 64.7 Å². The van der Waals surface area contributed by atoms with E-state index in [4.69, 9.17) is 11.6 Å². The van der Waals surface area contributed by atoms with E-state index in [-0.39, 0.29) is 11.4 Å². The maximum absolute atomic E-state index is 12.4. The number of amides is 1. The minimum absolute atomic E-state index is 0.131. The number of nitrogens with one attached hydrogen (secondary N) is 2. The first-order chi connectivity index (χ1) is 12.6. The average Bonchev–Trinajstić information content (AvgIpc) is 2.64. The molecular weight excluding hydrogens is 346 g/mol. The van der Waals surface area contributed by atoms with Gasteiger partial charge in [-0.05, 0) is 36.1 Å². The molecule has 136 valence electrons. The molecule has 2 N–H and O–H groups in total. The van der Waals surface area contributed by atoms with Crippen LogP contribution in [0, 0.1) is 0 Å². The molecular formula is C21H24ClN3O. The average molecular weight is 370 g/mol. The third-order valence-electron chi connectivity index (χ3n) is 5.56. The second-order valence-electron chi connectivity index (χ2n) is 7.38. The predicted octanol–water partition coefficient (Wildman–Crippen LogP) is 3.81. The molecule has 2 aromatic carbocycles. The molecule has 1 saturated heterocycles. The van der Waals surface area contributed by atoms with Gasteiger partial charge in [0.1, 0.15) is 0 Å². The highest BCUT2D eigenvalue weighted by molar-refractivity contribution is 6.31. The van der Waals surface area contributed by atoms with Gasteiger partial charge in [0.25, 0.3) is 0 Å². The van der Waals surface area contributed by atoms with Crippen molar-refractivity contribution in [3.63, 3.8) is 0 Å². The maximum Gasteiger partial charge on any atom is 0.222 e. The fourth-order valence-corrected chi connectivity index (χ4v) is 4.19. The molecule has 0 bridgehead atoms. The number of likely N-dealkylation sites (tertiary alicyclic amines) is 1. The van der Waals surface area contributed by atoms with Gasteiger partial charge in [-0.1, -0.05) is 48.0 Å². The van der Waals surface area contributed by atoms with Crippen LogP contribution in [0.4, 0.5) is 5.69 Å². The smallest absolute Gasteiger partial charge is 0.222 e. The number of fused-ring (bicyclic) bond motifs is 1. The molecule has 0 aliphatic carbocycles. The van der Waals surface area contributed by atoms with E-state index in [1.165, 1.54) is 5.56 Å². The number of benzene rings is 2. The molecule has 26 heavy (non-hydrogen) atoms. The number of anilines is 1. The molecule has 4 rings (SSSR count). The SMILES string of the molecule is O=C1CC2(CCN(Cc3ccccc3Cl)CC2)Nc2ccccc2CN1. The summed E-state index contributed by atoms with van der Waals surface area (Å²) in [5.74, 6) is 0.131. The van der Waals surface area contributed by atoms with Crippen molar-refractivity contribution in [1.82, 2.24) is 10.2 Å². The van der Waals surface area contributed by atoms with E-state index in [9.17, 15) is 4.79 Å². The lowest BCUT2D eigenvalue weighted by atomic mass is 9.82. The number of para-hydroxylation sites is 1. The second-order valence-corrected chi connectivity index (χ2v) is 7.79. The first kappa shape index (κ1) is 17.4. The summed E-state index contributed by atoms with van der Waals surface area (Å²) in [4.78, 5) is 14.8. The molecule has 0 aromatic heterocycles. The highest BCUT2D eigenvalue weighted by Gasteiger charge is 2.37. The first-order valence-corrected chi connectivity index (χ1v) is 9.60. The van der Waals surface area contributed by atoms with Crippen LogP contribution in [-0.2, 0) is 17.9 Å². The summed E-state index contributed by atoms with van der Waals surface area (Å²) in [6.45, 7) is 3.36. The number of rotatable bonds is 2. The number of hydrogen-bond acceptors (Lipinski definition) is 3. The number of carbonyl (C=O) groups excluding carboxylic acids is 1. The van der Waals surface area contributed by atoms with E-state index >= 15 is 0 Å². The Hall–Kier alpha value is -2.04. The van der Waals surface area contributed by atoms with E-state index in [1.54, 1.807) is 0 Å². The molecule has 2 heterocycles. The zero-order valence-electron chi connectivity index (χ0n) is 14.8. The lowest BCUT2D eigenvalue weighted by Crippen LogP contribution is -2.52. The van der Waals surface area contributed by atoms with Crippen molar-refractivity contribution in [2.45, 2.75) is 37.9 Å². The molecule has 1 spiro atoms. The fraction of sp³-hybridized carbons (Fsp3) is 0.381. The molecule has 2 aromatic rings. The van der Waals surface area contributed by atoms with Crippen molar-refractivity contribution >= 4 is 23.2 Å².